The van der Waals surface area contributed by atoms with Gasteiger partial charge in [0.05, 0.1) is 6.61 Å². The number of likely N-dealkylation sites (tertiary alicyclic amines) is 1. The molecule has 1 aliphatic rings. The van der Waals surface area contributed by atoms with Gasteiger partial charge in [-0.15, -0.1) is 0 Å². The van der Waals surface area contributed by atoms with Gasteiger partial charge in [0.15, 0.2) is 5.78 Å². The predicted octanol–water partition coefficient (Wildman–Crippen LogP) is 1.58. The number of Topliss-reactive ketones (excluding diaryl/α,β-unsaturated/α-hetero) is 1. The second-order valence-corrected chi connectivity index (χ2v) is 5.71. The van der Waals surface area contributed by atoms with Gasteiger partial charge in [0.2, 0.25) is 0 Å². The molecule has 0 aromatic carbocycles. The van der Waals surface area contributed by atoms with Crippen LogP contribution >= 0.6 is 0 Å². The molecule has 0 unspecified atom stereocenters. The number of piperidine rings is 1. The molecule has 1 aromatic heterocycles. The molecule has 0 atom stereocenters. The van der Waals surface area contributed by atoms with E-state index < -0.39 is 0 Å². The molecule has 2 amide bonds. The summed E-state index contributed by atoms with van der Waals surface area (Å²) in [7, 11) is 1.74. The molecule has 7 heteroatoms. The van der Waals surface area contributed by atoms with E-state index in [1.807, 2.05) is 0 Å². The summed E-state index contributed by atoms with van der Waals surface area (Å²) in [5, 5.41) is 2.97. The Labute approximate surface area is 135 Å². The zero-order valence-corrected chi connectivity index (χ0v) is 13.8. The average molecular weight is 321 g/mol. The minimum atomic E-state index is -0.300. The third-order valence-electron chi connectivity index (χ3n) is 4.00. The van der Waals surface area contributed by atoms with Crippen LogP contribution < -0.4 is 5.32 Å². The van der Waals surface area contributed by atoms with Crippen LogP contribution in [0.2, 0.25) is 0 Å². The highest BCUT2D eigenvalue weighted by molar-refractivity contribution is 5.99. The maximum Gasteiger partial charge on any atom is 0.409 e. The van der Waals surface area contributed by atoms with Crippen LogP contribution in [0.25, 0.3) is 0 Å². The van der Waals surface area contributed by atoms with Crippen molar-refractivity contribution in [2.45, 2.75) is 32.7 Å². The Balaban J connectivity index is 1.90. The fraction of sp³-hybridized carbons (Fsp3) is 0.562. The number of aryl methyl sites for hydroxylation is 1. The number of hydrogen-bond acceptors (Lipinski definition) is 4. The number of nitrogens with zero attached hydrogens (tertiary/aromatic N) is 2. The molecule has 2 rings (SSSR count). The normalized spacial score (nSPS) is 15.3. The summed E-state index contributed by atoms with van der Waals surface area (Å²) in [5.74, 6) is -0.267. The third-order valence-corrected chi connectivity index (χ3v) is 4.00. The van der Waals surface area contributed by atoms with E-state index in [-0.39, 0.29) is 23.8 Å². The maximum atomic E-state index is 12.3. The zero-order valence-electron chi connectivity index (χ0n) is 13.8. The highest BCUT2D eigenvalue weighted by Crippen LogP contribution is 2.13. The molecule has 0 radical (unpaired) electrons. The number of rotatable bonds is 4. The topological polar surface area (TPSA) is 80.6 Å². The summed E-state index contributed by atoms with van der Waals surface area (Å²) in [6, 6.07) is 1.62. The molecule has 7 nitrogen and oxygen atoms in total. The van der Waals surface area contributed by atoms with Gasteiger partial charge in [-0.05, 0) is 32.8 Å². The maximum absolute atomic E-state index is 12.3. The summed E-state index contributed by atoms with van der Waals surface area (Å²) in [4.78, 5) is 37.0. The van der Waals surface area contributed by atoms with Gasteiger partial charge >= 0.3 is 6.09 Å². The lowest BCUT2D eigenvalue weighted by Gasteiger charge is -2.31. The van der Waals surface area contributed by atoms with Gasteiger partial charge in [0.1, 0.15) is 5.69 Å². The number of carbonyl (C=O) groups excluding carboxylic acids is 3. The summed E-state index contributed by atoms with van der Waals surface area (Å²) in [5.41, 5.74) is 0.984. The van der Waals surface area contributed by atoms with Crippen molar-refractivity contribution in [1.82, 2.24) is 14.8 Å². The van der Waals surface area contributed by atoms with Gasteiger partial charge in [0.25, 0.3) is 5.91 Å². The van der Waals surface area contributed by atoms with Crippen molar-refractivity contribution in [3.63, 3.8) is 0 Å². The fourth-order valence-electron chi connectivity index (χ4n) is 2.66. The Morgan fingerprint density at radius 2 is 1.96 bits per heavy atom. The summed E-state index contributed by atoms with van der Waals surface area (Å²) >= 11 is 0. The van der Waals surface area contributed by atoms with Crippen LogP contribution in [0, 0.1) is 0 Å². The van der Waals surface area contributed by atoms with E-state index in [9.17, 15) is 14.4 Å². The van der Waals surface area contributed by atoms with E-state index in [4.69, 9.17) is 4.74 Å². The first-order valence-corrected chi connectivity index (χ1v) is 7.82. The number of nitrogens with one attached hydrogen (secondary N) is 1. The van der Waals surface area contributed by atoms with E-state index in [0.29, 0.717) is 43.8 Å². The molecule has 1 fully saturated rings. The summed E-state index contributed by atoms with van der Waals surface area (Å²) < 4.78 is 6.62. The van der Waals surface area contributed by atoms with Crippen LogP contribution in [-0.4, -0.2) is 53.0 Å². The van der Waals surface area contributed by atoms with Gasteiger partial charge < -0.3 is 19.5 Å². The van der Waals surface area contributed by atoms with Gasteiger partial charge in [-0.1, -0.05) is 0 Å². The van der Waals surface area contributed by atoms with Crippen LogP contribution in [0.15, 0.2) is 12.3 Å². The Hall–Kier alpha value is -2.31. The number of carbonyl (C=O) groups is 3. The molecule has 2 heterocycles. The van der Waals surface area contributed by atoms with Crippen molar-refractivity contribution in [2.75, 3.05) is 19.7 Å². The minimum Gasteiger partial charge on any atom is -0.450 e. The second-order valence-electron chi connectivity index (χ2n) is 5.71. The number of hydrogen-bond donors (Lipinski definition) is 1. The molecule has 1 aliphatic heterocycles. The summed E-state index contributed by atoms with van der Waals surface area (Å²) in [6.07, 6.45) is 2.73. The highest BCUT2D eigenvalue weighted by atomic mass is 16.6. The lowest BCUT2D eigenvalue weighted by molar-refractivity contribution is 0.0854. The number of ether oxygens (including phenoxy) is 1. The molecule has 0 saturated carbocycles. The van der Waals surface area contributed by atoms with Gasteiger partial charge in [0, 0.05) is 37.9 Å². The smallest absolute Gasteiger partial charge is 0.409 e. The number of ketones is 1. The highest BCUT2D eigenvalue weighted by Gasteiger charge is 2.25. The van der Waals surface area contributed by atoms with Crippen LogP contribution in [-0.2, 0) is 11.8 Å². The SMILES string of the molecule is CCOC(=O)N1CCC(NC(=O)c2cc(C(C)=O)cn2C)CC1. The molecule has 0 aliphatic carbocycles. The molecule has 126 valence electrons. The first-order chi connectivity index (χ1) is 10.9. The zero-order chi connectivity index (χ0) is 17.0. The first-order valence-electron chi connectivity index (χ1n) is 7.82. The molecular formula is C16H23N3O4. The molecule has 1 saturated heterocycles. The standard InChI is InChI=1S/C16H23N3O4/c1-4-23-16(22)19-7-5-13(6-8-19)17-15(21)14-9-12(11(2)20)10-18(14)3/h9-10,13H,4-8H2,1-3H3,(H,17,21). The predicted molar refractivity (Wildman–Crippen MR) is 84.5 cm³/mol. The van der Waals surface area contributed by atoms with Crippen molar-refractivity contribution in [3.8, 4) is 0 Å². The van der Waals surface area contributed by atoms with Crippen molar-refractivity contribution in [1.29, 1.82) is 0 Å². The largest absolute Gasteiger partial charge is 0.450 e. The van der Waals surface area contributed by atoms with E-state index >= 15 is 0 Å². The monoisotopic (exact) mass is 321 g/mol. The van der Waals surface area contributed by atoms with E-state index in [1.54, 1.807) is 35.7 Å². The second kappa shape index (κ2) is 7.30. The Kier molecular flexibility index (Phi) is 5.41. The Morgan fingerprint density at radius 1 is 1.30 bits per heavy atom. The number of amides is 2. The molecular weight excluding hydrogens is 298 g/mol. The lowest BCUT2D eigenvalue weighted by atomic mass is 10.1. The number of aromatic nitrogens is 1. The van der Waals surface area contributed by atoms with Crippen molar-refractivity contribution in [3.05, 3.63) is 23.5 Å². The third kappa shape index (κ3) is 4.12. The van der Waals surface area contributed by atoms with Crippen LogP contribution in [0.3, 0.4) is 0 Å². The van der Waals surface area contributed by atoms with Gasteiger partial charge in [-0.25, -0.2) is 4.79 Å². The quantitative estimate of drug-likeness (QED) is 0.854. The summed E-state index contributed by atoms with van der Waals surface area (Å²) in [6.45, 7) is 4.74. The van der Waals surface area contributed by atoms with E-state index in [1.165, 1.54) is 6.92 Å². The molecule has 1 aromatic rings. The molecule has 0 spiro atoms. The Morgan fingerprint density at radius 3 is 2.48 bits per heavy atom. The lowest BCUT2D eigenvalue weighted by Crippen LogP contribution is -2.46. The van der Waals surface area contributed by atoms with Crippen molar-refractivity contribution >= 4 is 17.8 Å². The minimum absolute atomic E-state index is 0.0175. The van der Waals surface area contributed by atoms with Crippen LogP contribution in [0.5, 0.6) is 0 Å². The van der Waals surface area contributed by atoms with Gasteiger partial charge in [-0.2, -0.15) is 0 Å². The first kappa shape index (κ1) is 17.1. The molecule has 23 heavy (non-hydrogen) atoms. The van der Waals surface area contributed by atoms with Crippen LogP contribution in [0.1, 0.15) is 47.5 Å². The molecule has 0 bridgehead atoms. The van der Waals surface area contributed by atoms with E-state index in [2.05, 4.69) is 5.32 Å². The average Bonchev–Trinajstić information content (AvgIpc) is 2.90. The van der Waals surface area contributed by atoms with Crippen molar-refractivity contribution in [2.24, 2.45) is 7.05 Å². The van der Waals surface area contributed by atoms with Gasteiger partial charge in [-0.3, -0.25) is 9.59 Å². The Bertz CT molecular complexity index is 600. The molecule has 1 N–H and O–H groups in total. The van der Waals surface area contributed by atoms with Crippen LogP contribution in [0.4, 0.5) is 4.79 Å². The van der Waals surface area contributed by atoms with Crippen molar-refractivity contribution < 1.29 is 19.1 Å². The van der Waals surface area contributed by atoms with E-state index in [0.717, 1.165) is 0 Å². The fourth-order valence-corrected chi connectivity index (χ4v) is 2.66.